The molecule has 1 aromatic carbocycles. The van der Waals surface area contributed by atoms with Crippen LogP contribution >= 0.6 is 0 Å². The van der Waals surface area contributed by atoms with Crippen molar-refractivity contribution in [2.24, 2.45) is 5.92 Å². The SMILES string of the molecule is CC1CCN(CC(=O)NCc2ccc(N(C)C)cc2)CC1. The van der Waals surface area contributed by atoms with E-state index < -0.39 is 0 Å². The maximum atomic E-state index is 12.0. The summed E-state index contributed by atoms with van der Waals surface area (Å²) in [7, 11) is 4.05. The van der Waals surface area contributed by atoms with E-state index in [2.05, 4.69) is 46.3 Å². The molecule has 0 saturated carbocycles. The van der Waals surface area contributed by atoms with Gasteiger partial charge in [0.1, 0.15) is 0 Å². The van der Waals surface area contributed by atoms with Gasteiger partial charge in [-0.3, -0.25) is 9.69 Å². The number of nitrogens with one attached hydrogen (secondary N) is 1. The standard InChI is InChI=1S/C17H27N3O/c1-14-8-10-20(11-9-14)13-17(21)18-12-15-4-6-16(7-5-15)19(2)3/h4-7,14H,8-13H2,1-3H3,(H,18,21). The van der Waals surface area contributed by atoms with Crippen LogP contribution in [0.5, 0.6) is 0 Å². The van der Waals surface area contributed by atoms with Gasteiger partial charge in [-0.05, 0) is 49.5 Å². The molecule has 1 heterocycles. The summed E-state index contributed by atoms with van der Waals surface area (Å²) in [4.78, 5) is 16.3. The Morgan fingerprint density at radius 2 is 1.86 bits per heavy atom. The van der Waals surface area contributed by atoms with E-state index in [1.807, 2.05) is 14.1 Å². The van der Waals surface area contributed by atoms with E-state index in [0.717, 1.165) is 24.6 Å². The molecule has 1 amide bonds. The molecule has 0 radical (unpaired) electrons. The van der Waals surface area contributed by atoms with Gasteiger partial charge in [-0.1, -0.05) is 19.1 Å². The number of nitrogens with zero attached hydrogens (tertiary/aromatic N) is 2. The number of benzene rings is 1. The molecule has 116 valence electrons. The van der Waals surface area contributed by atoms with E-state index in [-0.39, 0.29) is 5.91 Å². The summed E-state index contributed by atoms with van der Waals surface area (Å²) in [5, 5.41) is 3.01. The maximum absolute atomic E-state index is 12.0. The molecule has 0 atom stereocenters. The monoisotopic (exact) mass is 289 g/mol. The number of carbonyl (C=O) groups excluding carboxylic acids is 1. The number of hydrogen-bond acceptors (Lipinski definition) is 3. The van der Waals surface area contributed by atoms with E-state index in [4.69, 9.17) is 0 Å². The highest BCUT2D eigenvalue weighted by Crippen LogP contribution is 2.15. The van der Waals surface area contributed by atoms with Crippen LogP contribution in [0, 0.1) is 5.92 Å². The molecule has 1 N–H and O–H groups in total. The van der Waals surface area contributed by atoms with Gasteiger partial charge in [-0.2, -0.15) is 0 Å². The van der Waals surface area contributed by atoms with Crippen LogP contribution in [0.3, 0.4) is 0 Å². The van der Waals surface area contributed by atoms with Gasteiger partial charge < -0.3 is 10.2 Å². The average molecular weight is 289 g/mol. The van der Waals surface area contributed by atoms with Crippen molar-refractivity contribution in [3.63, 3.8) is 0 Å². The first-order valence-electron chi connectivity index (χ1n) is 7.80. The van der Waals surface area contributed by atoms with Gasteiger partial charge in [0.15, 0.2) is 0 Å². The van der Waals surface area contributed by atoms with Gasteiger partial charge >= 0.3 is 0 Å². The van der Waals surface area contributed by atoms with Crippen molar-refractivity contribution in [1.82, 2.24) is 10.2 Å². The topological polar surface area (TPSA) is 35.6 Å². The molecule has 21 heavy (non-hydrogen) atoms. The molecule has 0 aromatic heterocycles. The van der Waals surface area contributed by atoms with Crippen molar-refractivity contribution in [2.45, 2.75) is 26.3 Å². The maximum Gasteiger partial charge on any atom is 0.234 e. The van der Waals surface area contributed by atoms with Crippen LogP contribution in [0.15, 0.2) is 24.3 Å². The van der Waals surface area contributed by atoms with Crippen molar-refractivity contribution in [3.8, 4) is 0 Å². The lowest BCUT2D eigenvalue weighted by Gasteiger charge is -2.29. The smallest absolute Gasteiger partial charge is 0.234 e. The van der Waals surface area contributed by atoms with E-state index in [1.165, 1.54) is 18.5 Å². The van der Waals surface area contributed by atoms with Gasteiger partial charge in [0.2, 0.25) is 5.91 Å². The second-order valence-corrected chi connectivity index (χ2v) is 6.30. The normalized spacial score (nSPS) is 16.7. The predicted molar refractivity (Wildman–Crippen MR) is 87.5 cm³/mol. The zero-order valence-corrected chi connectivity index (χ0v) is 13.4. The first-order chi connectivity index (χ1) is 10.0. The molecule has 1 aromatic rings. The zero-order valence-electron chi connectivity index (χ0n) is 13.4. The highest BCUT2D eigenvalue weighted by atomic mass is 16.2. The van der Waals surface area contributed by atoms with Crippen LogP contribution in [0.2, 0.25) is 0 Å². The highest BCUT2D eigenvalue weighted by Gasteiger charge is 2.17. The number of piperidine rings is 1. The van der Waals surface area contributed by atoms with Crippen molar-refractivity contribution in [3.05, 3.63) is 29.8 Å². The van der Waals surface area contributed by atoms with Crippen molar-refractivity contribution in [1.29, 1.82) is 0 Å². The molecule has 4 nitrogen and oxygen atoms in total. The fourth-order valence-electron chi connectivity index (χ4n) is 2.59. The first kappa shape index (κ1) is 15.8. The molecule has 0 unspecified atom stereocenters. The summed E-state index contributed by atoms with van der Waals surface area (Å²) in [5.74, 6) is 0.931. The summed E-state index contributed by atoms with van der Waals surface area (Å²) in [6, 6.07) is 8.29. The third-order valence-electron chi connectivity index (χ3n) is 4.19. The quantitative estimate of drug-likeness (QED) is 0.901. The molecule has 1 fully saturated rings. The lowest BCUT2D eigenvalue weighted by atomic mass is 9.99. The molecule has 0 bridgehead atoms. The van der Waals surface area contributed by atoms with Crippen LogP contribution in [-0.4, -0.2) is 44.5 Å². The molecule has 4 heteroatoms. The summed E-state index contributed by atoms with van der Waals surface area (Å²) >= 11 is 0. The van der Waals surface area contributed by atoms with Gasteiger partial charge in [-0.25, -0.2) is 0 Å². The first-order valence-corrected chi connectivity index (χ1v) is 7.80. The van der Waals surface area contributed by atoms with Crippen molar-refractivity contribution < 1.29 is 4.79 Å². The molecule has 1 saturated heterocycles. The van der Waals surface area contributed by atoms with Crippen LogP contribution in [0.1, 0.15) is 25.3 Å². The average Bonchev–Trinajstić information content (AvgIpc) is 2.48. The lowest BCUT2D eigenvalue weighted by Crippen LogP contribution is -2.41. The Kier molecular flexibility index (Phi) is 5.62. The third kappa shape index (κ3) is 5.05. The lowest BCUT2D eigenvalue weighted by molar-refractivity contribution is -0.122. The fourth-order valence-corrected chi connectivity index (χ4v) is 2.59. The second kappa shape index (κ2) is 7.46. The largest absolute Gasteiger partial charge is 0.378 e. The summed E-state index contributed by atoms with van der Waals surface area (Å²) in [6.07, 6.45) is 2.42. The Morgan fingerprint density at radius 3 is 2.43 bits per heavy atom. The second-order valence-electron chi connectivity index (χ2n) is 6.30. The van der Waals surface area contributed by atoms with Crippen molar-refractivity contribution in [2.75, 3.05) is 38.6 Å². The molecular weight excluding hydrogens is 262 g/mol. The van der Waals surface area contributed by atoms with Crippen LogP contribution in [-0.2, 0) is 11.3 Å². The van der Waals surface area contributed by atoms with Gasteiger partial charge in [0, 0.05) is 26.3 Å². The molecule has 1 aliphatic rings. The Hall–Kier alpha value is -1.55. The number of rotatable bonds is 5. The molecule has 2 rings (SSSR count). The summed E-state index contributed by atoms with van der Waals surface area (Å²) in [6.45, 7) is 5.52. The van der Waals surface area contributed by atoms with Crippen LogP contribution in [0.25, 0.3) is 0 Å². The van der Waals surface area contributed by atoms with Gasteiger partial charge in [-0.15, -0.1) is 0 Å². The van der Waals surface area contributed by atoms with E-state index in [0.29, 0.717) is 13.1 Å². The van der Waals surface area contributed by atoms with Crippen LogP contribution in [0.4, 0.5) is 5.69 Å². The number of amides is 1. The predicted octanol–water partition coefficient (Wildman–Crippen LogP) is 2.10. The van der Waals surface area contributed by atoms with Gasteiger partial charge in [0.05, 0.1) is 6.54 Å². The zero-order chi connectivity index (χ0) is 15.2. The Bertz CT molecular complexity index is 448. The summed E-state index contributed by atoms with van der Waals surface area (Å²) in [5.41, 5.74) is 2.31. The van der Waals surface area contributed by atoms with Gasteiger partial charge in [0.25, 0.3) is 0 Å². The summed E-state index contributed by atoms with van der Waals surface area (Å²) < 4.78 is 0. The third-order valence-corrected chi connectivity index (χ3v) is 4.19. The molecule has 1 aliphatic heterocycles. The fraction of sp³-hybridized carbons (Fsp3) is 0.588. The Balaban J connectivity index is 1.73. The highest BCUT2D eigenvalue weighted by molar-refractivity contribution is 5.78. The number of carbonyl (C=O) groups is 1. The number of hydrogen-bond donors (Lipinski definition) is 1. The molecular formula is C17H27N3O. The Labute approximate surface area is 128 Å². The minimum Gasteiger partial charge on any atom is -0.378 e. The number of likely N-dealkylation sites (tertiary alicyclic amines) is 1. The minimum absolute atomic E-state index is 0.126. The van der Waals surface area contributed by atoms with E-state index in [9.17, 15) is 4.79 Å². The number of anilines is 1. The molecule has 0 spiro atoms. The van der Waals surface area contributed by atoms with E-state index in [1.54, 1.807) is 0 Å². The minimum atomic E-state index is 0.126. The molecule has 0 aliphatic carbocycles. The van der Waals surface area contributed by atoms with Crippen molar-refractivity contribution >= 4 is 11.6 Å². The van der Waals surface area contributed by atoms with Crippen LogP contribution < -0.4 is 10.2 Å². The Morgan fingerprint density at radius 1 is 1.24 bits per heavy atom. The van der Waals surface area contributed by atoms with E-state index >= 15 is 0 Å².